The average molecular weight is 1530 g/mol. The van der Waals surface area contributed by atoms with E-state index in [1.807, 2.05) is 0 Å². The molecule has 0 heteroatoms. The predicted octanol–water partition coefficient (Wildman–Crippen LogP) is 41.9. The first-order valence-electron chi connectivity index (χ1n) is 52.2. The van der Waals surface area contributed by atoms with Crippen LogP contribution in [0.15, 0.2) is 0 Å². The van der Waals surface area contributed by atoms with Crippen molar-refractivity contribution in [1.82, 2.24) is 0 Å². The van der Waals surface area contributed by atoms with E-state index in [9.17, 15) is 0 Å². The van der Waals surface area contributed by atoms with Gasteiger partial charge in [-0.1, -0.05) is 628 Å². The second-order valence-corrected chi connectivity index (χ2v) is 38.8. The minimum atomic E-state index is 0.936. The normalized spacial score (nSPS) is 14.7. The van der Waals surface area contributed by atoms with Crippen molar-refractivity contribution >= 4 is 0 Å². The van der Waals surface area contributed by atoms with Gasteiger partial charge in [-0.15, -0.1) is 0 Å². The highest BCUT2D eigenvalue weighted by molar-refractivity contribution is 4.64. The summed E-state index contributed by atoms with van der Waals surface area (Å²) in [5, 5.41) is 0. The van der Waals surface area contributed by atoms with Gasteiger partial charge in [-0.05, 0) is 71.0 Å². The van der Waals surface area contributed by atoms with Gasteiger partial charge in [0.05, 0.1) is 0 Å². The van der Waals surface area contributed by atoms with Crippen molar-refractivity contribution in [2.75, 3.05) is 0 Å². The summed E-state index contributed by atoms with van der Waals surface area (Å²) in [6, 6.07) is 0. The molecule has 0 heterocycles. The minimum Gasteiger partial charge on any atom is -0.0654 e. The van der Waals surface area contributed by atoms with E-state index in [0.717, 1.165) is 71.0 Å². The molecular formula is C108H228. The van der Waals surface area contributed by atoms with E-state index in [0.29, 0.717) is 0 Å². The van der Waals surface area contributed by atoms with Gasteiger partial charge in [0, 0.05) is 0 Å². The van der Waals surface area contributed by atoms with Crippen molar-refractivity contribution in [1.29, 1.82) is 0 Å². The van der Waals surface area contributed by atoms with Crippen LogP contribution in [0.4, 0.5) is 0 Å². The summed E-state index contributed by atoms with van der Waals surface area (Å²) >= 11 is 0. The molecule has 0 aromatic carbocycles. The highest BCUT2D eigenvalue weighted by Gasteiger charge is 2.10. The number of hydrogen-bond acceptors (Lipinski definition) is 0. The molecule has 0 spiro atoms. The third-order valence-electron chi connectivity index (χ3n) is 26.4. The summed E-state index contributed by atoms with van der Waals surface area (Å²) in [6.45, 7) is 56.7. The van der Waals surface area contributed by atoms with E-state index in [1.165, 1.54) is 462 Å². The summed E-state index contributed by atoms with van der Waals surface area (Å²) in [4.78, 5) is 0. The maximum atomic E-state index is 2.45. The van der Waals surface area contributed by atoms with E-state index >= 15 is 0 Å². The molecule has 0 rings (SSSR count). The van der Waals surface area contributed by atoms with Crippen molar-refractivity contribution in [2.45, 2.75) is 628 Å². The fraction of sp³-hybridized carbons (Fsp3) is 1.00. The Morgan fingerprint density at radius 3 is 0.380 bits per heavy atom. The number of hydrogen-bond donors (Lipinski definition) is 0. The van der Waals surface area contributed by atoms with Gasteiger partial charge < -0.3 is 0 Å². The summed E-state index contributed by atoms with van der Waals surface area (Å²) in [7, 11) is 0. The molecule has 0 N–H and O–H groups in total. The molecule has 12 unspecified atom stereocenters. The van der Waals surface area contributed by atoms with Gasteiger partial charge in [0.25, 0.3) is 0 Å². The molecule has 0 nitrogen and oxygen atoms in total. The maximum absolute atomic E-state index is 2.45. The van der Waals surface area contributed by atoms with Crippen LogP contribution in [0, 0.1) is 71.0 Å². The molecule has 0 saturated heterocycles. The SMILES string of the molecule is CCCCCC(C)CCCCCCCC(C)CC.CCCCCCC(C)CCCCCCC(C)CC.CCCCCCCC(C)CCCCCC(C)CC.CCCCCCCCC(C)CCCCC(C)CC.CCCCCCCCCC(C)CCCC(C)CC.CCCCCCCCCCC(C)CCC(C)CC. The van der Waals surface area contributed by atoms with Crippen molar-refractivity contribution in [3.63, 3.8) is 0 Å². The van der Waals surface area contributed by atoms with Gasteiger partial charge in [-0.2, -0.15) is 0 Å². The number of unbranched alkanes of at least 4 members (excludes halogenated alkanes) is 37. The van der Waals surface area contributed by atoms with Gasteiger partial charge in [-0.3, -0.25) is 0 Å². The van der Waals surface area contributed by atoms with Crippen LogP contribution in [0.1, 0.15) is 628 Å². The smallest absolute Gasteiger partial charge is 0.0443 e. The zero-order valence-electron chi connectivity index (χ0n) is 81.8. The van der Waals surface area contributed by atoms with Crippen molar-refractivity contribution in [2.24, 2.45) is 71.0 Å². The van der Waals surface area contributed by atoms with Crippen LogP contribution in [0.5, 0.6) is 0 Å². The molecule has 0 aliphatic carbocycles. The van der Waals surface area contributed by atoms with Gasteiger partial charge in [0.2, 0.25) is 0 Å². The second kappa shape index (κ2) is 103. The molecule has 0 aliphatic rings. The first-order chi connectivity index (χ1) is 52.2. The molecule has 108 heavy (non-hydrogen) atoms. The van der Waals surface area contributed by atoms with Crippen LogP contribution in [-0.2, 0) is 0 Å². The van der Waals surface area contributed by atoms with E-state index in [1.54, 1.807) is 0 Å². The third-order valence-corrected chi connectivity index (χ3v) is 26.4. The minimum absolute atomic E-state index is 0.936. The van der Waals surface area contributed by atoms with Crippen LogP contribution in [0.3, 0.4) is 0 Å². The fourth-order valence-corrected chi connectivity index (χ4v) is 15.6. The molecule has 0 bridgehead atoms. The Balaban J connectivity index is -0.000000289. The van der Waals surface area contributed by atoms with Crippen molar-refractivity contribution < 1.29 is 0 Å². The average Bonchev–Trinajstić information content (AvgIpc) is 1.37. The van der Waals surface area contributed by atoms with Gasteiger partial charge in [0.15, 0.2) is 0 Å². The highest BCUT2D eigenvalue weighted by atomic mass is 14.2. The monoisotopic (exact) mass is 1530 g/mol. The van der Waals surface area contributed by atoms with E-state index < -0.39 is 0 Å². The summed E-state index contributed by atoms with van der Waals surface area (Å²) in [6.07, 6.45) is 104. The molecule has 0 radical (unpaired) electrons. The van der Waals surface area contributed by atoms with E-state index in [4.69, 9.17) is 0 Å². The summed E-state index contributed by atoms with van der Waals surface area (Å²) < 4.78 is 0. The molecule has 0 amide bonds. The molecular weight excluding hydrogens is 1300 g/mol. The summed E-state index contributed by atoms with van der Waals surface area (Å²) in [5.41, 5.74) is 0. The predicted molar refractivity (Wildman–Crippen MR) is 510 cm³/mol. The molecule has 12 atom stereocenters. The molecule has 0 saturated carbocycles. The van der Waals surface area contributed by atoms with E-state index in [2.05, 4.69) is 166 Å². The highest BCUT2D eigenvalue weighted by Crippen LogP contribution is 2.27. The second-order valence-electron chi connectivity index (χ2n) is 38.8. The van der Waals surface area contributed by atoms with Crippen molar-refractivity contribution in [3.8, 4) is 0 Å². The Hall–Kier alpha value is 0. The standard InChI is InChI=1S/6C18H38/c1-5-7-11-15-18(4)16-13-10-8-9-12-14-17(3)6-2;1-5-7-8-11-15-18(4)16-13-10-9-12-14-17(3)6-2;1-5-7-8-9-11-15-18(4)16-13-10-12-14-17(3)6-2;1-5-7-8-9-10-11-15-18(4)16-13-12-14-17(3)6-2;1-5-7-8-9-10-11-12-14-18(4)16-13-15-17(3)6-2;1-5-7-8-9-10-11-12-13-14-18(4)16-15-17(3)6-2/h6*17-18H,5-16H2,1-4H3. The van der Waals surface area contributed by atoms with Gasteiger partial charge in [-0.25, -0.2) is 0 Å². The molecule has 0 aliphatic heterocycles. The van der Waals surface area contributed by atoms with Gasteiger partial charge >= 0.3 is 0 Å². The zero-order chi connectivity index (χ0) is 81.8. The van der Waals surface area contributed by atoms with Crippen molar-refractivity contribution in [3.05, 3.63) is 0 Å². The van der Waals surface area contributed by atoms with Crippen LogP contribution in [0.25, 0.3) is 0 Å². The zero-order valence-corrected chi connectivity index (χ0v) is 81.8. The molecule has 0 fully saturated rings. The third kappa shape index (κ3) is 112. The fourth-order valence-electron chi connectivity index (χ4n) is 15.6. The topological polar surface area (TPSA) is 0 Å². The molecule has 0 aromatic rings. The quantitative estimate of drug-likeness (QED) is 0.0533. The Morgan fingerprint density at radius 1 is 0.0926 bits per heavy atom. The first kappa shape index (κ1) is 119. The Labute approximate surface area is 695 Å². The number of rotatable bonds is 78. The first-order valence-corrected chi connectivity index (χ1v) is 52.2. The van der Waals surface area contributed by atoms with Crippen LogP contribution < -0.4 is 0 Å². The molecule has 0 aromatic heterocycles. The van der Waals surface area contributed by atoms with Crippen LogP contribution in [0.2, 0.25) is 0 Å². The summed E-state index contributed by atoms with van der Waals surface area (Å²) in [5.74, 6) is 11.5. The van der Waals surface area contributed by atoms with Gasteiger partial charge in [0.1, 0.15) is 0 Å². The Bertz CT molecular complexity index is 1460. The van der Waals surface area contributed by atoms with Crippen LogP contribution >= 0.6 is 0 Å². The molecule has 660 valence electrons. The lowest BCUT2D eigenvalue weighted by atomic mass is 9.92. The van der Waals surface area contributed by atoms with Crippen LogP contribution in [-0.4, -0.2) is 0 Å². The Kier molecular flexibility index (Phi) is 113. The Morgan fingerprint density at radius 2 is 0.185 bits per heavy atom. The lowest BCUT2D eigenvalue weighted by molar-refractivity contribution is 0.392. The maximum Gasteiger partial charge on any atom is -0.0443 e. The lowest BCUT2D eigenvalue weighted by Gasteiger charge is -2.14. The van der Waals surface area contributed by atoms with E-state index in [-0.39, 0.29) is 0 Å². The largest absolute Gasteiger partial charge is 0.0654 e. The lowest BCUT2D eigenvalue weighted by Crippen LogP contribution is -1.99.